The zero-order chi connectivity index (χ0) is 17.6. The second-order valence-electron chi connectivity index (χ2n) is 4.64. The molecule has 0 aliphatic heterocycles. The Hall–Kier alpha value is -3.04. The van der Waals surface area contributed by atoms with Crippen LogP contribution in [0.1, 0.15) is 5.56 Å². The first-order chi connectivity index (χ1) is 11.4. The van der Waals surface area contributed by atoms with Gasteiger partial charge in [-0.05, 0) is 23.8 Å². The molecular weight excluding hydrogens is 332 g/mol. The number of nitrogens with two attached hydrogens (primary N) is 1. The molecule has 0 spiro atoms. The van der Waals surface area contributed by atoms with E-state index in [9.17, 15) is 18.5 Å². The summed E-state index contributed by atoms with van der Waals surface area (Å²) < 4.78 is 22.5. The highest BCUT2D eigenvalue weighted by Gasteiger charge is 2.18. The number of hydrogen-bond acceptors (Lipinski definition) is 6. The Morgan fingerprint density at radius 1 is 1.17 bits per heavy atom. The molecule has 2 rings (SSSR count). The highest BCUT2D eigenvalue weighted by atomic mass is 32.2. The zero-order valence-corrected chi connectivity index (χ0v) is 13.2. The quantitative estimate of drug-likeness (QED) is 0.471. The predicted octanol–water partition coefficient (Wildman–Crippen LogP) is 2.35. The topological polar surface area (TPSA) is 128 Å². The summed E-state index contributed by atoms with van der Waals surface area (Å²) in [5.41, 5.74) is 3.09. The van der Waals surface area contributed by atoms with Crippen molar-refractivity contribution in [2.24, 2.45) is 10.2 Å². The van der Waals surface area contributed by atoms with Crippen molar-refractivity contribution in [3.63, 3.8) is 0 Å². The summed E-state index contributed by atoms with van der Waals surface area (Å²) in [5.74, 6) is 0. The average molecular weight is 346 g/mol. The molecule has 0 aliphatic carbocycles. The number of nitrogens with zero attached hydrogens (tertiary/aromatic N) is 2. The number of hydrogen-bond donors (Lipinski definition) is 2. The minimum absolute atomic E-state index is 0.0526. The lowest BCUT2D eigenvalue weighted by Crippen LogP contribution is -2.12. The first-order valence-electron chi connectivity index (χ1n) is 6.70. The van der Waals surface area contributed by atoms with Crippen LogP contribution in [0.4, 0.5) is 11.4 Å². The van der Waals surface area contributed by atoms with E-state index in [1.165, 1.54) is 18.3 Å². The summed E-state index contributed by atoms with van der Waals surface area (Å²) in [5, 5.41) is 19.8. The van der Waals surface area contributed by atoms with Gasteiger partial charge in [0.25, 0.3) is 5.69 Å². The van der Waals surface area contributed by atoms with Crippen molar-refractivity contribution in [1.29, 1.82) is 0 Å². The first kappa shape index (κ1) is 17.3. The van der Waals surface area contributed by atoms with Gasteiger partial charge in [0, 0.05) is 12.3 Å². The van der Waals surface area contributed by atoms with Gasteiger partial charge in [-0.1, -0.05) is 36.4 Å². The maximum atomic E-state index is 11.2. The number of allylic oxidation sites excluding steroid dienone is 1. The van der Waals surface area contributed by atoms with Gasteiger partial charge in [-0.2, -0.15) is 5.10 Å². The smallest absolute Gasteiger partial charge is 0.272 e. The van der Waals surface area contributed by atoms with Crippen LogP contribution in [0, 0.1) is 10.1 Å². The lowest BCUT2D eigenvalue weighted by Gasteiger charge is -2.03. The van der Waals surface area contributed by atoms with E-state index >= 15 is 0 Å². The molecule has 0 bridgehead atoms. The first-order valence-corrected chi connectivity index (χ1v) is 8.24. The molecule has 0 unspecified atom stereocenters. The number of primary sulfonamides is 1. The molecule has 2 aromatic carbocycles. The minimum atomic E-state index is -4.02. The van der Waals surface area contributed by atoms with Crippen LogP contribution in [-0.4, -0.2) is 19.6 Å². The van der Waals surface area contributed by atoms with Crippen LogP contribution >= 0.6 is 0 Å². The van der Waals surface area contributed by atoms with E-state index in [4.69, 9.17) is 5.14 Å². The van der Waals surface area contributed by atoms with Crippen LogP contribution in [0.3, 0.4) is 0 Å². The van der Waals surface area contributed by atoms with Crippen molar-refractivity contribution in [1.82, 2.24) is 0 Å². The summed E-state index contributed by atoms with van der Waals surface area (Å²) in [6.45, 7) is 0. The monoisotopic (exact) mass is 346 g/mol. The Morgan fingerprint density at radius 2 is 1.88 bits per heavy atom. The van der Waals surface area contributed by atoms with Gasteiger partial charge >= 0.3 is 0 Å². The summed E-state index contributed by atoms with van der Waals surface area (Å²) in [6.07, 6.45) is 4.89. The fourth-order valence-electron chi connectivity index (χ4n) is 1.80. The average Bonchev–Trinajstić information content (AvgIpc) is 2.54. The largest absolute Gasteiger partial charge is 0.295 e. The van der Waals surface area contributed by atoms with E-state index in [1.54, 1.807) is 6.08 Å². The Morgan fingerprint density at radius 3 is 2.50 bits per heavy atom. The Balaban J connectivity index is 2.13. The van der Waals surface area contributed by atoms with E-state index < -0.39 is 20.6 Å². The second-order valence-corrected chi connectivity index (χ2v) is 6.20. The van der Waals surface area contributed by atoms with E-state index in [0.29, 0.717) is 0 Å². The van der Waals surface area contributed by atoms with Gasteiger partial charge in [-0.3, -0.25) is 15.5 Å². The molecule has 0 radical (unpaired) electrons. The third kappa shape index (κ3) is 4.73. The molecule has 0 atom stereocenters. The highest BCUT2D eigenvalue weighted by molar-refractivity contribution is 7.89. The SMILES string of the molecule is NS(=O)(=O)c1ccc(NN=CC=Cc2ccccc2)c([N+](=O)[O-])c1. The number of sulfonamides is 1. The molecule has 0 fully saturated rings. The van der Waals surface area contributed by atoms with Crippen LogP contribution in [0.25, 0.3) is 6.08 Å². The maximum Gasteiger partial charge on any atom is 0.295 e. The van der Waals surface area contributed by atoms with Gasteiger partial charge in [-0.15, -0.1) is 0 Å². The minimum Gasteiger partial charge on any atom is -0.272 e. The molecule has 0 saturated carbocycles. The van der Waals surface area contributed by atoms with Crippen molar-refractivity contribution in [2.45, 2.75) is 4.90 Å². The number of nitro benzene ring substituents is 1. The lowest BCUT2D eigenvalue weighted by atomic mass is 10.2. The normalized spacial score (nSPS) is 11.9. The number of rotatable bonds is 6. The van der Waals surface area contributed by atoms with Gasteiger partial charge in [0.15, 0.2) is 0 Å². The van der Waals surface area contributed by atoms with Crippen molar-refractivity contribution >= 4 is 33.7 Å². The van der Waals surface area contributed by atoms with Gasteiger partial charge in [0.1, 0.15) is 5.69 Å². The molecule has 8 nitrogen and oxygen atoms in total. The number of nitrogens with one attached hydrogen (secondary N) is 1. The number of benzene rings is 2. The predicted molar refractivity (Wildman–Crippen MR) is 92.1 cm³/mol. The fourth-order valence-corrected chi connectivity index (χ4v) is 2.34. The lowest BCUT2D eigenvalue weighted by molar-refractivity contribution is -0.384. The number of nitro groups is 1. The van der Waals surface area contributed by atoms with Crippen LogP contribution in [0.2, 0.25) is 0 Å². The van der Waals surface area contributed by atoms with Crippen molar-refractivity contribution < 1.29 is 13.3 Å². The van der Waals surface area contributed by atoms with Crippen molar-refractivity contribution in [2.75, 3.05) is 5.43 Å². The van der Waals surface area contributed by atoms with Crippen molar-refractivity contribution in [3.8, 4) is 0 Å². The molecule has 24 heavy (non-hydrogen) atoms. The van der Waals surface area contributed by atoms with Gasteiger partial charge in [0.2, 0.25) is 10.0 Å². The molecule has 3 N–H and O–H groups in total. The van der Waals surface area contributed by atoms with Gasteiger partial charge < -0.3 is 0 Å². The molecule has 0 aliphatic rings. The van der Waals surface area contributed by atoms with Gasteiger partial charge in [0.05, 0.1) is 9.82 Å². The molecule has 0 aromatic heterocycles. The van der Waals surface area contributed by atoms with Crippen LogP contribution in [0.5, 0.6) is 0 Å². The van der Waals surface area contributed by atoms with Crippen LogP contribution < -0.4 is 10.6 Å². The molecule has 124 valence electrons. The van der Waals surface area contributed by atoms with Crippen LogP contribution in [-0.2, 0) is 10.0 Å². The van der Waals surface area contributed by atoms with E-state index in [-0.39, 0.29) is 10.6 Å². The maximum absolute atomic E-state index is 11.2. The highest BCUT2D eigenvalue weighted by Crippen LogP contribution is 2.27. The third-order valence-electron chi connectivity index (χ3n) is 2.93. The standard InChI is InChI=1S/C15H14N4O4S/c16-24(22,23)13-8-9-14(15(11-13)19(20)21)18-17-10-4-7-12-5-2-1-3-6-12/h1-11,18H,(H2,16,22,23). The molecular formula is C15H14N4O4S. The summed E-state index contributed by atoms with van der Waals surface area (Å²) in [6, 6.07) is 12.8. The second kappa shape index (κ2) is 7.49. The summed E-state index contributed by atoms with van der Waals surface area (Å²) >= 11 is 0. The third-order valence-corrected chi connectivity index (χ3v) is 3.84. The Bertz CT molecular complexity index is 893. The van der Waals surface area contributed by atoms with E-state index in [0.717, 1.165) is 11.6 Å². The zero-order valence-electron chi connectivity index (χ0n) is 12.4. The molecule has 0 heterocycles. The number of anilines is 1. The van der Waals surface area contributed by atoms with E-state index in [1.807, 2.05) is 36.4 Å². The molecule has 0 saturated heterocycles. The van der Waals surface area contributed by atoms with Crippen molar-refractivity contribution in [3.05, 3.63) is 70.3 Å². The molecule has 2 aromatic rings. The summed E-state index contributed by atoms with van der Waals surface area (Å²) in [4.78, 5) is 9.98. The van der Waals surface area contributed by atoms with Crippen LogP contribution in [0.15, 0.2) is 64.6 Å². The Kier molecular flexibility index (Phi) is 5.40. The van der Waals surface area contributed by atoms with Gasteiger partial charge in [-0.25, -0.2) is 13.6 Å². The molecule has 0 amide bonds. The number of hydrazone groups is 1. The Labute approximate surface area is 138 Å². The summed E-state index contributed by atoms with van der Waals surface area (Å²) in [7, 11) is -4.02. The molecule has 9 heteroatoms. The fraction of sp³-hybridized carbons (Fsp3) is 0. The van der Waals surface area contributed by atoms with E-state index in [2.05, 4.69) is 10.5 Å².